The molecule has 0 aromatic carbocycles. The van der Waals surface area contributed by atoms with E-state index in [2.05, 4.69) is 15.6 Å². The zero-order valence-corrected chi connectivity index (χ0v) is 15.7. The van der Waals surface area contributed by atoms with Crippen molar-refractivity contribution in [3.63, 3.8) is 0 Å². The highest BCUT2D eigenvalue weighted by atomic mass is 16.6. The quantitative estimate of drug-likeness (QED) is 0.583. The van der Waals surface area contributed by atoms with Crippen molar-refractivity contribution in [3.8, 4) is 0 Å². The van der Waals surface area contributed by atoms with E-state index >= 15 is 0 Å². The lowest BCUT2D eigenvalue weighted by molar-refractivity contribution is -0.215. The monoisotopic (exact) mass is 383 g/mol. The molecule has 0 spiro atoms. The van der Waals surface area contributed by atoms with Crippen LogP contribution in [-0.2, 0) is 41.7 Å². The molecule has 1 amide bonds. The molecular weight excluding hydrogens is 358 g/mol. The zero-order valence-electron chi connectivity index (χ0n) is 15.7. The summed E-state index contributed by atoms with van der Waals surface area (Å²) < 4.78 is 18.3. The number of amides is 1. The maximum absolute atomic E-state index is 11.6. The molecule has 27 heavy (non-hydrogen) atoms. The molecule has 0 saturated carbocycles. The van der Waals surface area contributed by atoms with Crippen LogP contribution < -0.4 is 11.1 Å². The fourth-order valence-corrected chi connectivity index (χ4v) is 3.07. The van der Waals surface area contributed by atoms with Crippen LogP contribution in [0.1, 0.15) is 33.4 Å². The van der Waals surface area contributed by atoms with Gasteiger partial charge in [-0.2, -0.15) is 0 Å². The largest absolute Gasteiger partial charge is 0.456 e. The Kier molecular flexibility index (Phi) is 6.86. The minimum absolute atomic E-state index is 0.194. The van der Waals surface area contributed by atoms with Gasteiger partial charge in [-0.05, 0) is 6.92 Å². The van der Waals surface area contributed by atoms with Crippen molar-refractivity contribution in [1.82, 2.24) is 20.3 Å². The van der Waals surface area contributed by atoms with Gasteiger partial charge in [0.05, 0.1) is 24.4 Å². The van der Waals surface area contributed by atoms with Crippen molar-refractivity contribution in [1.29, 1.82) is 0 Å². The van der Waals surface area contributed by atoms with E-state index in [1.807, 2.05) is 0 Å². The maximum atomic E-state index is 11.6. The number of rotatable bonds is 6. The van der Waals surface area contributed by atoms with Crippen LogP contribution in [0.15, 0.2) is 6.20 Å². The number of hydrogen-bond donors (Lipinski definition) is 2. The first-order valence-electron chi connectivity index (χ1n) is 8.57. The van der Waals surface area contributed by atoms with Gasteiger partial charge in [-0.25, -0.2) is 4.68 Å². The molecule has 3 N–H and O–H groups in total. The minimum atomic E-state index is -0.940. The SMILES string of the molecule is CC(=O)NC1C(C)OC(Cn2cc(CN)nn2)C(OC(C)=O)C1OC(C)=O. The van der Waals surface area contributed by atoms with E-state index in [0.29, 0.717) is 5.69 Å². The lowest BCUT2D eigenvalue weighted by Gasteiger charge is -2.44. The Morgan fingerprint density at radius 3 is 2.37 bits per heavy atom. The van der Waals surface area contributed by atoms with Gasteiger partial charge in [0, 0.05) is 33.5 Å². The predicted octanol–water partition coefficient (Wildman–Crippen LogP) is -1.11. The number of ether oxygens (including phenoxy) is 3. The van der Waals surface area contributed by atoms with Crippen molar-refractivity contribution in [2.24, 2.45) is 5.73 Å². The summed E-state index contributed by atoms with van der Waals surface area (Å²) >= 11 is 0. The molecule has 0 radical (unpaired) electrons. The molecule has 0 aliphatic carbocycles. The lowest BCUT2D eigenvalue weighted by Crippen LogP contribution is -2.65. The van der Waals surface area contributed by atoms with Gasteiger partial charge in [0.15, 0.2) is 12.2 Å². The first-order chi connectivity index (χ1) is 12.7. The second-order valence-electron chi connectivity index (χ2n) is 6.39. The maximum Gasteiger partial charge on any atom is 0.303 e. The number of aromatic nitrogens is 3. The fourth-order valence-electron chi connectivity index (χ4n) is 3.07. The van der Waals surface area contributed by atoms with E-state index in [4.69, 9.17) is 19.9 Å². The number of esters is 2. The summed E-state index contributed by atoms with van der Waals surface area (Å²) in [6.07, 6.45) is -1.38. The van der Waals surface area contributed by atoms with Gasteiger partial charge in [-0.3, -0.25) is 14.4 Å². The molecule has 11 heteroatoms. The predicted molar refractivity (Wildman–Crippen MR) is 91.0 cm³/mol. The molecule has 0 bridgehead atoms. The number of nitrogens with two attached hydrogens (primary N) is 1. The average Bonchev–Trinajstić information content (AvgIpc) is 3.01. The van der Waals surface area contributed by atoms with E-state index in [-0.39, 0.29) is 19.0 Å². The van der Waals surface area contributed by atoms with Crippen LogP contribution in [0.2, 0.25) is 0 Å². The molecule has 1 aromatic heterocycles. The van der Waals surface area contributed by atoms with E-state index in [0.717, 1.165) is 0 Å². The van der Waals surface area contributed by atoms with Crippen LogP contribution in [0.4, 0.5) is 0 Å². The molecule has 150 valence electrons. The van der Waals surface area contributed by atoms with Gasteiger partial charge in [-0.15, -0.1) is 5.10 Å². The van der Waals surface area contributed by atoms with Gasteiger partial charge < -0.3 is 25.3 Å². The zero-order chi connectivity index (χ0) is 20.1. The molecular formula is C16H25N5O6. The fraction of sp³-hybridized carbons (Fsp3) is 0.688. The molecule has 2 rings (SSSR count). The normalized spacial score (nSPS) is 27.7. The van der Waals surface area contributed by atoms with E-state index < -0.39 is 42.4 Å². The van der Waals surface area contributed by atoms with Crippen LogP contribution in [0.25, 0.3) is 0 Å². The average molecular weight is 383 g/mol. The van der Waals surface area contributed by atoms with Crippen LogP contribution in [0, 0.1) is 0 Å². The van der Waals surface area contributed by atoms with Crippen LogP contribution >= 0.6 is 0 Å². The Labute approximate surface area is 156 Å². The number of carbonyl (C=O) groups excluding carboxylic acids is 3. The van der Waals surface area contributed by atoms with Gasteiger partial charge in [0.1, 0.15) is 6.10 Å². The second-order valence-corrected chi connectivity index (χ2v) is 6.39. The summed E-state index contributed by atoms with van der Waals surface area (Å²) in [5.41, 5.74) is 6.13. The van der Waals surface area contributed by atoms with E-state index in [9.17, 15) is 14.4 Å². The number of carbonyl (C=O) groups is 3. The summed E-state index contributed by atoms with van der Waals surface area (Å²) in [5.74, 6) is -1.45. The van der Waals surface area contributed by atoms with Crippen molar-refractivity contribution >= 4 is 17.8 Å². The summed E-state index contributed by atoms with van der Waals surface area (Å²) in [6, 6.07) is -0.678. The van der Waals surface area contributed by atoms with Crippen molar-refractivity contribution in [2.75, 3.05) is 0 Å². The molecule has 11 nitrogen and oxygen atoms in total. The Morgan fingerprint density at radius 2 is 1.85 bits per heavy atom. The van der Waals surface area contributed by atoms with Crippen LogP contribution in [0.3, 0.4) is 0 Å². The molecule has 5 atom stereocenters. The summed E-state index contributed by atoms with van der Waals surface area (Å²) in [4.78, 5) is 34.9. The smallest absolute Gasteiger partial charge is 0.303 e. The van der Waals surface area contributed by atoms with Gasteiger partial charge in [0.2, 0.25) is 5.91 Å². The standard InChI is InChI=1S/C16H25N5O6/c1-8-14(18-9(2)22)16(27-11(4)24)15(26-10(3)23)13(25-8)7-21-6-12(5-17)19-20-21/h6,8,13-16H,5,7,17H2,1-4H3,(H,18,22). The van der Waals surface area contributed by atoms with Crippen LogP contribution in [-0.4, -0.2) is 63.3 Å². The third kappa shape index (κ3) is 5.47. The molecule has 5 unspecified atom stereocenters. The summed E-state index contributed by atoms with van der Waals surface area (Å²) in [6.45, 7) is 6.00. The molecule has 1 fully saturated rings. The molecule has 1 aliphatic rings. The van der Waals surface area contributed by atoms with Crippen LogP contribution in [0.5, 0.6) is 0 Å². The molecule has 1 aliphatic heterocycles. The van der Waals surface area contributed by atoms with Crippen molar-refractivity contribution < 1.29 is 28.6 Å². The highest BCUT2D eigenvalue weighted by molar-refractivity contribution is 5.73. The lowest BCUT2D eigenvalue weighted by atomic mass is 9.92. The third-order valence-electron chi connectivity index (χ3n) is 4.08. The first kappa shape index (κ1) is 20.8. The second kappa shape index (κ2) is 8.91. The number of nitrogens with one attached hydrogen (secondary N) is 1. The Hall–Kier alpha value is -2.53. The van der Waals surface area contributed by atoms with E-state index in [1.54, 1.807) is 13.1 Å². The first-order valence-corrected chi connectivity index (χ1v) is 8.57. The molecule has 1 saturated heterocycles. The third-order valence-corrected chi connectivity index (χ3v) is 4.08. The molecule has 1 aromatic rings. The topological polar surface area (TPSA) is 148 Å². The van der Waals surface area contributed by atoms with Crippen molar-refractivity contribution in [3.05, 3.63) is 11.9 Å². The minimum Gasteiger partial charge on any atom is -0.456 e. The highest BCUT2D eigenvalue weighted by Gasteiger charge is 2.48. The molecule has 2 heterocycles. The Bertz CT molecular complexity index is 693. The van der Waals surface area contributed by atoms with Gasteiger partial charge >= 0.3 is 11.9 Å². The van der Waals surface area contributed by atoms with Gasteiger partial charge in [-0.1, -0.05) is 5.21 Å². The highest BCUT2D eigenvalue weighted by Crippen LogP contribution is 2.27. The summed E-state index contributed by atoms with van der Waals surface area (Å²) in [5, 5.41) is 10.6. The summed E-state index contributed by atoms with van der Waals surface area (Å²) in [7, 11) is 0. The number of hydrogen-bond acceptors (Lipinski definition) is 9. The Balaban J connectivity index is 2.32. The van der Waals surface area contributed by atoms with Crippen molar-refractivity contribution in [2.45, 2.75) is 71.2 Å². The number of nitrogens with zero attached hydrogens (tertiary/aromatic N) is 3. The van der Waals surface area contributed by atoms with E-state index in [1.165, 1.54) is 25.5 Å². The Morgan fingerprint density at radius 1 is 1.22 bits per heavy atom. The van der Waals surface area contributed by atoms with Gasteiger partial charge in [0.25, 0.3) is 0 Å².